The number of benzene rings is 1. The summed E-state index contributed by atoms with van der Waals surface area (Å²) >= 11 is 0. The van der Waals surface area contributed by atoms with Gasteiger partial charge in [0.05, 0.1) is 0 Å². The van der Waals surface area contributed by atoms with Gasteiger partial charge in [0.25, 0.3) is 0 Å². The van der Waals surface area contributed by atoms with Crippen molar-refractivity contribution < 1.29 is 9.50 Å². The summed E-state index contributed by atoms with van der Waals surface area (Å²) in [5.74, 6) is -1.03. The van der Waals surface area contributed by atoms with Crippen molar-refractivity contribution in [2.75, 3.05) is 0 Å². The first-order valence-corrected chi connectivity index (χ1v) is 2.56. The van der Waals surface area contributed by atoms with Crippen LogP contribution in [0.15, 0.2) is 23.4 Å². The van der Waals surface area contributed by atoms with E-state index in [2.05, 4.69) is 5.18 Å². The predicted molar refractivity (Wildman–Crippen MR) is 33.5 cm³/mol. The number of rotatable bonds is 1. The van der Waals surface area contributed by atoms with Crippen molar-refractivity contribution in [3.05, 3.63) is 28.9 Å². The summed E-state index contributed by atoms with van der Waals surface area (Å²) in [7, 11) is 0. The van der Waals surface area contributed by atoms with Gasteiger partial charge in [0.2, 0.25) is 0 Å². The maximum atomic E-state index is 12.2. The van der Waals surface area contributed by atoms with Gasteiger partial charge in [0.15, 0.2) is 0 Å². The number of halogens is 1. The molecule has 0 saturated heterocycles. The highest BCUT2D eigenvalue weighted by molar-refractivity contribution is 5.50. The summed E-state index contributed by atoms with van der Waals surface area (Å²) in [5, 5.41) is 11.2. The fourth-order valence-electron chi connectivity index (χ4n) is 0.574. The summed E-state index contributed by atoms with van der Waals surface area (Å²) < 4.78 is 12.2. The normalized spacial score (nSPS) is 9.30. The molecule has 0 spiro atoms. The van der Waals surface area contributed by atoms with E-state index in [-0.39, 0.29) is 5.69 Å². The molecule has 0 aliphatic carbocycles. The van der Waals surface area contributed by atoms with Crippen LogP contribution in [0.25, 0.3) is 0 Å². The van der Waals surface area contributed by atoms with Gasteiger partial charge in [-0.15, -0.1) is 4.91 Å². The maximum absolute atomic E-state index is 12.2. The maximum Gasteiger partial charge on any atom is 0.149 e. The van der Waals surface area contributed by atoms with Crippen LogP contribution in [0.1, 0.15) is 0 Å². The monoisotopic (exact) mass is 141 g/mol. The highest BCUT2D eigenvalue weighted by Gasteiger charge is 2.00. The van der Waals surface area contributed by atoms with Crippen LogP contribution in [0.2, 0.25) is 0 Å². The van der Waals surface area contributed by atoms with Gasteiger partial charge in [0, 0.05) is 6.07 Å². The van der Waals surface area contributed by atoms with E-state index < -0.39 is 11.6 Å². The van der Waals surface area contributed by atoms with Crippen LogP contribution in [-0.4, -0.2) is 5.11 Å². The minimum absolute atomic E-state index is 0.151. The minimum Gasteiger partial charge on any atom is -0.505 e. The van der Waals surface area contributed by atoms with Crippen molar-refractivity contribution in [1.29, 1.82) is 0 Å². The Morgan fingerprint density at radius 1 is 1.50 bits per heavy atom. The molecule has 10 heavy (non-hydrogen) atoms. The van der Waals surface area contributed by atoms with Crippen molar-refractivity contribution >= 4 is 5.69 Å². The number of phenolic OH excluding ortho intramolecular Hbond substituents is 1. The molecule has 4 heteroatoms. The number of hydrogen-bond donors (Lipinski definition) is 1. The number of phenols is 1. The largest absolute Gasteiger partial charge is 0.505 e. The molecule has 1 rings (SSSR count). The van der Waals surface area contributed by atoms with Crippen molar-refractivity contribution in [3.8, 4) is 5.75 Å². The Balaban J connectivity index is 3.19. The molecule has 0 radical (unpaired) electrons. The van der Waals surface area contributed by atoms with Gasteiger partial charge in [-0.1, -0.05) is 0 Å². The van der Waals surface area contributed by atoms with Crippen LogP contribution in [-0.2, 0) is 0 Å². The fraction of sp³-hybridized carbons (Fsp3) is 0. The summed E-state index contributed by atoms with van der Waals surface area (Å²) in [6, 6.07) is 2.99. The van der Waals surface area contributed by atoms with Gasteiger partial charge >= 0.3 is 0 Å². The third-order valence-corrected chi connectivity index (χ3v) is 1.04. The number of nitrogens with zero attached hydrogens (tertiary/aromatic N) is 1. The first-order valence-electron chi connectivity index (χ1n) is 2.56. The lowest BCUT2D eigenvalue weighted by molar-refractivity contribution is 0.470. The zero-order valence-corrected chi connectivity index (χ0v) is 4.91. The van der Waals surface area contributed by atoms with Crippen LogP contribution in [0.5, 0.6) is 5.75 Å². The topological polar surface area (TPSA) is 49.7 Å². The minimum atomic E-state index is -0.593. The van der Waals surface area contributed by atoms with E-state index in [0.717, 1.165) is 18.2 Å². The summed E-state index contributed by atoms with van der Waals surface area (Å²) in [5.41, 5.74) is -0.151. The van der Waals surface area contributed by atoms with Crippen LogP contribution in [0.4, 0.5) is 10.1 Å². The predicted octanol–water partition coefficient (Wildman–Crippen LogP) is 1.93. The first-order chi connectivity index (χ1) is 4.74. The Kier molecular flexibility index (Phi) is 1.62. The molecule has 0 aliphatic heterocycles. The average Bonchev–Trinajstić information content (AvgIpc) is 1.88. The third kappa shape index (κ3) is 1.10. The molecule has 0 amide bonds. The lowest BCUT2D eigenvalue weighted by Crippen LogP contribution is -1.71. The molecular weight excluding hydrogens is 137 g/mol. The number of aromatic hydroxyl groups is 1. The van der Waals surface area contributed by atoms with E-state index in [1.165, 1.54) is 0 Å². The fourth-order valence-corrected chi connectivity index (χ4v) is 0.574. The second kappa shape index (κ2) is 2.43. The zero-order chi connectivity index (χ0) is 7.56. The second-order valence-electron chi connectivity index (χ2n) is 1.72. The van der Waals surface area contributed by atoms with Gasteiger partial charge in [-0.3, -0.25) is 0 Å². The van der Waals surface area contributed by atoms with Gasteiger partial charge in [-0.2, -0.15) is 0 Å². The number of hydrogen-bond acceptors (Lipinski definition) is 3. The molecule has 1 N–H and O–H groups in total. The Labute approximate surface area is 56.1 Å². The van der Waals surface area contributed by atoms with E-state index in [4.69, 9.17) is 5.11 Å². The molecule has 0 fully saturated rings. The Morgan fingerprint density at radius 3 is 2.70 bits per heavy atom. The van der Waals surface area contributed by atoms with E-state index in [1.54, 1.807) is 0 Å². The Hall–Kier alpha value is -1.45. The van der Waals surface area contributed by atoms with E-state index in [0.29, 0.717) is 0 Å². The van der Waals surface area contributed by atoms with Crippen molar-refractivity contribution in [2.45, 2.75) is 0 Å². The molecule has 0 bridgehead atoms. The third-order valence-electron chi connectivity index (χ3n) is 1.04. The molecule has 0 atom stereocenters. The molecule has 0 saturated carbocycles. The van der Waals surface area contributed by atoms with Crippen molar-refractivity contribution in [3.63, 3.8) is 0 Å². The highest BCUT2D eigenvalue weighted by Crippen LogP contribution is 2.25. The van der Waals surface area contributed by atoms with E-state index in [1.807, 2.05) is 0 Å². The molecule has 3 nitrogen and oxygen atoms in total. The Bertz CT molecular complexity index is 262. The molecule has 0 unspecified atom stereocenters. The van der Waals surface area contributed by atoms with Crippen molar-refractivity contribution in [2.24, 2.45) is 5.18 Å². The lowest BCUT2D eigenvalue weighted by atomic mass is 10.3. The van der Waals surface area contributed by atoms with Crippen LogP contribution in [0.3, 0.4) is 0 Å². The Morgan fingerprint density at radius 2 is 2.20 bits per heavy atom. The molecule has 52 valence electrons. The lowest BCUT2D eigenvalue weighted by Gasteiger charge is -1.92. The van der Waals surface area contributed by atoms with Crippen LogP contribution >= 0.6 is 0 Å². The molecule has 0 aromatic heterocycles. The molecule has 1 aromatic rings. The summed E-state index contributed by atoms with van der Waals surface area (Å²) in [6.07, 6.45) is 0. The van der Waals surface area contributed by atoms with E-state index >= 15 is 0 Å². The first kappa shape index (κ1) is 6.67. The zero-order valence-electron chi connectivity index (χ0n) is 4.91. The second-order valence-corrected chi connectivity index (χ2v) is 1.72. The summed E-state index contributed by atoms with van der Waals surface area (Å²) in [6.45, 7) is 0. The van der Waals surface area contributed by atoms with Gasteiger partial charge in [-0.05, 0) is 17.3 Å². The van der Waals surface area contributed by atoms with Gasteiger partial charge in [-0.25, -0.2) is 4.39 Å². The van der Waals surface area contributed by atoms with E-state index in [9.17, 15) is 9.30 Å². The SMILES string of the molecule is O=Nc1ccc(F)cc1O. The van der Waals surface area contributed by atoms with Crippen LogP contribution < -0.4 is 0 Å². The van der Waals surface area contributed by atoms with Gasteiger partial charge < -0.3 is 5.11 Å². The van der Waals surface area contributed by atoms with Gasteiger partial charge in [0.1, 0.15) is 17.3 Å². The highest BCUT2D eigenvalue weighted by atomic mass is 19.1. The number of nitroso groups, excluding NO2 is 1. The quantitative estimate of drug-likeness (QED) is 0.607. The average molecular weight is 141 g/mol. The van der Waals surface area contributed by atoms with Crippen LogP contribution in [0, 0.1) is 10.7 Å². The summed E-state index contributed by atoms with van der Waals surface area (Å²) in [4.78, 5) is 9.81. The smallest absolute Gasteiger partial charge is 0.149 e. The van der Waals surface area contributed by atoms with Crippen molar-refractivity contribution in [1.82, 2.24) is 0 Å². The molecule has 1 aromatic carbocycles. The standard InChI is InChI=1S/C6H4FNO2/c7-4-1-2-5(8-10)6(9)3-4/h1-3,9H. The molecular formula is C6H4FNO2. The molecule has 0 aliphatic rings. The molecule has 0 heterocycles.